The van der Waals surface area contributed by atoms with Crippen LogP contribution >= 0.6 is 0 Å². The molecule has 1 aliphatic rings. The van der Waals surface area contributed by atoms with Gasteiger partial charge in [0.25, 0.3) is 5.91 Å². The van der Waals surface area contributed by atoms with Crippen molar-refractivity contribution >= 4 is 17.4 Å². The van der Waals surface area contributed by atoms with Crippen LogP contribution in [0.25, 0.3) is 0 Å². The van der Waals surface area contributed by atoms with Gasteiger partial charge in [-0.05, 0) is 68.3 Å². The number of anilines is 2. The number of carbonyl (C=O) groups is 1. The molecule has 33 heavy (non-hydrogen) atoms. The van der Waals surface area contributed by atoms with Crippen LogP contribution in [-0.2, 0) is 11.3 Å². The lowest BCUT2D eigenvalue weighted by atomic mass is 10.1. The zero-order valence-electron chi connectivity index (χ0n) is 19.0. The molecule has 3 heterocycles. The normalized spacial score (nSPS) is 15.9. The van der Waals surface area contributed by atoms with Crippen LogP contribution < -0.4 is 20.5 Å². The Hall–Kier alpha value is -3.65. The molecule has 1 unspecified atom stereocenters. The first kappa shape index (κ1) is 22.5. The number of primary amides is 1. The van der Waals surface area contributed by atoms with E-state index >= 15 is 0 Å². The van der Waals surface area contributed by atoms with E-state index in [1.807, 2.05) is 49.5 Å². The Kier molecular flexibility index (Phi) is 7.04. The summed E-state index contributed by atoms with van der Waals surface area (Å²) in [7, 11) is 1.58. The van der Waals surface area contributed by atoms with Crippen LogP contribution in [0.3, 0.4) is 0 Å². The third kappa shape index (κ3) is 5.78. The number of aromatic nitrogens is 2. The number of nitrogens with zero attached hydrogens (tertiary/aromatic N) is 3. The van der Waals surface area contributed by atoms with Crippen molar-refractivity contribution in [2.24, 2.45) is 5.73 Å². The van der Waals surface area contributed by atoms with Gasteiger partial charge in [-0.2, -0.15) is 0 Å². The van der Waals surface area contributed by atoms with Crippen molar-refractivity contribution in [1.82, 2.24) is 14.9 Å². The minimum atomic E-state index is -0.523. The number of nitrogens with one attached hydrogen (secondary N) is 1. The van der Waals surface area contributed by atoms with Crippen molar-refractivity contribution in [2.45, 2.75) is 32.4 Å². The van der Waals surface area contributed by atoms with Crippen molar-refractivity contribution < 1.29 is 14.3 Å². The van der Waals surface area contributed by atoms with Gasteiger partial charge in [-0.3, -0.25) is 14.7 Å². The monoisotopic (exact) mass is 447 g/mol. The summed E-state index contributed by atoms with van der Waals surface area (Å²) in [5, 5.41) is 3.31. The number of benzene rings is 1. The Balaban J connectivity index is 1.43. The second-order valence-corrected chi connectivity index (χ2v) is 8.13. The van der Waals surface area contributed by atoms with Gasteiger partial charge in [-0.25, -0.2) is 4.98 Å². The SMILES string of the molecule is COc1cc(CN2CCCC2c2ccc(Nc3cccc(C)n3)cn2)ccc1OCC(N)=O. The molecule has 8 heteroatoms. The van der Waals surface area contributed by atoms with Gasteiger partial charge in [0, 0.05) is 12.2 Å². The van der Waals surface area contributed by atoms with Crippen LogP contribution in [-0.4, -0.2) is 41.0 Å². The lowest BCUT2D eigenvalue weighted by Gasteiger charge is -2.24. The molecule has 1 amide bonds. The molecular formula is C25H29N5O3. The van der Waals surface area contributed by atoms with Crippen molar-refractivity contribution in [3.05, 3.63) is 71.7 Å². The summed E-state index contributed by atoms with van der Waals surface area (Å²) < 4.78 is 10.9. The quantitative estimate of drug-likeness (QED) is 0.515. The van der Waals surface area contributed by atoms with Crippen molar-refractivity contribution in [2.75, 3.05) is 25.6 Å². The first-order chi connectivity index (χ1) is 16.0. The number of ether oxygens (including phenoxy) is 2. The van der Waals surface area contributed by atoms with E-state index in [0.717, 1.165) is 54.4 Å². The van der Waals surface area contributed by atoms with Gasteiger partial charge < -0.3 is 20.5 Å². The highest BCUT2D eigenvalue weighted by atomic mass is 16.5. The molecule has 0 aliphatic carbocycles. The number of pyridine rings is 2. The van der Waals surface area contributed by atoms with Gasteiger partial charge in [-0.15, -0.1) is 0 Å². The molecule has 1 aliphatic heterocycles. The molecule has 1 atom stereocenters. The number of carbonyl (C=O) groups excluding carboxylic acids is 1. The number of aryl methyl sites for hydroxylation is 1. The molecule has 3 aromatic rings. The molecule has 1 aromatic carbocycles. The zero-order valence-corrected chi connectivity index (χ0v) is 19.0. The predicted molar refractivity (Wildman–Crippen MR) is 127 cm³/mol. The molecule has 0 radical (unpaired) electrons. The van der Waals surface area contributed by atoms with Crippen LogP contribution in [0.4, 0.5) is 11.5 Å². The Morgan fingerprint density at radius 2 is 2.09 bits per heavy atom. The maximum absolute atomic E-state index is 11.0. The van der Waals surface area contributed by atoms with Crippen molar-refractivity contribution in [3.63, 3.8) is 0 Å². The fourth-order valence-electron chi connectivity index (χ4n) is 4.10. The second kappa shape index (κ2) is 10.3. The van der Waals surface area contributed by atoms with Gasteiger partial charge in [0.15, 0.2) is 18.1 Å². The van der Waals surface area contributed by atoms with Crippen LogP contribution in [0.1, 0.15) is 35.8 Å². The van der Waals surface area contributed by atoms with Gasteiger partial charge in [0.1, 0.15) is 5.82 Å². The molecule has 172 valence electrons. The first-order valence-corrected chi connectivity index (χ1v) is 11.0. The zero-order chi connectivity index (χ0) is 23.2. The van der Waals surface area contributed by atoms with Crippen molar-refractivity contribution in [1.29, 1.82) is 0 Å². The fraction of sp³-hybridized carbons (Fsp3) is 0.320. The lowest BCUT2D eigenvalue weighted by molar-refractivity contribution is -0.119. The van der Waals surface area contributed by atoms with E-state index in [1.165, 1.54) is 0 Å². The number of hydrogen-bond acceptors (Lipinski definition) is 7. The van der Waals surface area contributed by atoms with E-state index in [1.54, 1.807) is 7.11 Å². The van der Waals surface area contributed by atoms with Gasteiger partial charge in [0.05, 0.1) is 30.7 Å². The highest BCUT2D eigenvalue weighted by molar-refractivity contribution is 5.75. The molecule has 2 aromatic heterocycles. The number of amides is 1. The maximum Gasteiger partial charge on any atom is 0.255 e. The standard InChI is InChI=1S/C25H29N5O3/c1-17-5-3-7-25(28-17)29-19-9-10-20(27-14-19)21-6-4-12-30(21)15-18-8-11-22(23(13-18)32-2)33-16-24(26)31/h3,5,7-11,13-14,21H,4,6,12,15-16H2,1-2H3,(H2,26,31)(H,28,29). The van der Waals surface area contributed by atoms with Gasteiger partial charge in [-0.1, -0.05) is 12.1 Å². The lowest BCUT2D eigenvalue weighted by Crippen LogP contribution is -2.23. The second-order valence-electron chi connectivity index (χ2n) is 8.13. The summed E-state index contributed by atoms with van der Waals surface area (Å²) in [5.41, 5.74) is 9.22. The summed E-state index contributed by atoms with van der Waals surface area (Å²) in [6, 6.07) is 16.0. The minimum Gasteiger partial charge on any atom is -0.493 e. The first-order valence-electron chi connectivity index (χ1n) is 11.0. The number of rotatable bonds is 9. The van der Waals surface area contributed by atoms with Crippen LogP contribution in [0.15, 0.2) is 54.7 Å². The van der Waals surface area contributed by atoms with Crippen LogP contribution in [0.5, 0.6) is 11.5 Å². The summed E-state index contributed by atoms with van der Waals surface area (Å²) >= 11 is 0. The third-order valence-corrected chi connectivity index (χ3v) is 5.64. The molecule has 8 nitrogen and oxygen atoms in total. The van der Waals surface area contributed by atoms with Gasteiger partial charge >= 0.3 is 0 Å². The largest absolute Gasteiger partial charge is 0.493 e. The van der Waals surface area contributed by atoms with Crippen molar-refractivity contribution in [3.8, 4) is 11.5 Å². The molecule has 0 saturated carbocycles. The Morgan fingerprint density at radius 1 is 1.21 bits per heavy atom. The van der Waals surface area contributed by atoms with E-state index < -0.39 is 5.91 Å². The molecule has 0 bridgehead atoms. The predicted octanol–water partition coefficient (Wildman–Crippen LogP) is 3.74. The van der Waals surface area contributed by atoms with Crippen LogP contribution in [0, 0.1) is 6.92 Å². The summed E-state index contributed by atoms with van der Waals surface area (Å²) in [5.74, 6) is 1.38. The third-order valence-electron chi connectivity index (χ3n) is 5.64. The molecule has 1 fully saturated rings. The number of hydrogen-bond donors (Lipinski definition) is 2. The Labute approximate surface area is 193 Å². The summed E-state index contributed by atoms with van der Waals surface area (Å²) in [4.78, 5) is 22.6. The number of nitrogens with two attached hydrogens (primary N) is 1. The summed E-state index contributed by atoms with van der Waals surface area (Å²) in [6.45, 7) is 3.56. The Morgan fingerprint density at radius 3 is 2.82 bits per heavy atom. The average molecular weight is 448 g/mol. The smallest absolute Gasteiger partial charge is 0.255 e. The van der Waals surface area contributed by atoms with E-state index in [0.29, 0.717) is 11.5 Å². The van der Waals surface area contributed by atoms with Gasteiger partial charge in [0.2, 0.25) is 0 Å². The molecule has 3 N–H and O–H groups in total. The van der Waals surface area contributed by atoms with E-state index in [2.05, 4.69) is 27.3 Å². The highest BCUT2D eigenvalue weighted by Gasteiger charge is 2.27. The molecule has 1 saturated heterocycles. The highest BCUT2D eigenvalue weighted by Crippen LogP contribution is 2.34. The average Bonchev–Trinajstić information content (AvgIpc) is 3.26. The number of likely N-dealkylation sites (tertiary alicyclic amines) is 1. The maximum atomic E-state index is 11.0. The molecule has 4 rings (SSSR count). The number of methoxy groups -OCH3 is 1. The van der Waals surface area contributed by atoms with Crippen LogP contribution in [0.2, 0.25) is 0 Å². The fourth-order valence-corrected chi connectivity index (χ4v) is 4.10. The van der Waals surface area contributed by atoms with E-state index in [4.69, 9.17) is 20.2 Å². The topological polar surface area (TPSA) is 103 Å². The molecule has 0 spiro atoms. The molecular weight excluding hydrogens is 418 g/mol. The minimum absolute atomic E-state index is 0.180. The van der Waals surface area contributed by atoms with E-state index in [9.17, 15) is 4.79 Å². The summed E-state index contributed by atoms with van der Waals surface area (Å²) in [6.07, 6.45) is 4.05. The van der Waals surface area contributed by atoms with E-state index in [-0.39, 0.29) is 12.6 Å². The Bertz CT molecular complexity index is 1100.